The molecule has 7 heteroatoms. The molecule has 0 saturated carbocycles. The molecule has 5 atom stereocenters. The first-order valence-electron chi connectivity index (χ1n) is 18.2. The van der Waals surface area contributed by atoms with Crippen molar-refractivity contribution in [3.8, 4) is 0 Å². The topological polar surface area (TPSA) is 46.2 Å². The number of ether oxygens (including phenoxy) is 4. The molecule has 1 saturated heterocycles. The summed E-state index contributed by atoms with van der Waals surface area (Å²) in [6.07, 6.45) is 4.90. The van der Waals surface area contributed by atoms with E-state index in [2.05, 4.69) is 133 Å². The van der Waals surface area contributed by atoms with Crippen LogP contribution in [0.15, 0.2) is 89.8 Å². The molecular weight excluding hydrogens is 633 g/mol. The van der Waals surface area contributed by atoms with Gasteiger partial charge in [-0.15, -0.1) is 0 Å². The normalized spacial score (nSPS) is 21.8. The van der Waals surface area contributed by atoms with Crippen molar-refractivity contribution in [3.63, 3.8) is 0 Å². The van der Waals surface area contributed by atoms with Crippen LogP contribution >= 0.6 is 11.8 Å². The lowest BCUT2D eigenvalue weighted by Gasteiger charge is -2.48. The van der Waals surface area contributed by atoms with E-state index < -0.39 is 8.32 Å². The summed E-state index contributed by atoms with van der Waals surface area (Å²) in [5.41, 5.74) is 0.955. The van der Waals surface area contributed by atoms with Crippen LogP contribution in [0.25, 0.3) is 0 Å². The summed E-state index contributed by atoms with van der Waals surface area (Å²) < 4.78 is 35.0. The van der Waals surface area contributed by atoms with E-state index in [9.17, 15) is 0 Å². The fourth-order valence-electron chi connectivity index (χ4n) is 6.49. The predicted octanol–water partition coefficient (Wildman–Crippen LogP) is 8.94. The molecule has 48 heavy (non-hydrogen) atoms. The van der Waals surface area contributed by atoms with Crippen molar-refractivity contribution in [1.29, 1.82) is 0 Å². The Bertz CT molecular complexity index is 1260. The molecule has 0 N–H and O–H groups in total. The molecule has 1 fully saturated rings. The SMILES string of the molecule is CCCCO[C@@H]1[C@@H](OCCCC)[C@H](Sc2ccc(C)cc2)O[C@H](CO[Si](c2ccccc2)(c2ccccc2)C(C)(C)C)[C@H]1OCCCC. The first-order valence-corrected chi connectivity index (χ1v) is 21.0. The molecule has 264 valence electrons. The summed E-state index contributed by atoms with van der Waals surface area (Å²) in [5, 5.41) is 2.36. The quantitative estimate of drug-likeness (QED) is 0.0924. The van der Waals surface area contributed by atoms with Gasteiger partial charge in [0.05, 0.1) is 6.61 Å². The lowest BCUT2D eigenvalue weighted by Crippen LogP contribution is -2.68. The summed E-state index contributed by atoms with van der Waals surface area (Å²) in [4.78, 5) is 1.15. The maximum absolute atomic E-state index is 7.49. The van der Waals surface area contributed by atoms with E-state index in [-0.39, 0.29) is 34.9 Å². The standard InChI is InChI=1S/C41H60O5SSi/c1-8-11-28-42-37-36(31-45-48(41(5,6)7,34-20-16-14-17-21-34)35-22-18-15-19-23-35)46-40(47-33-26-24-32(4)25-27-33)39(44-30-13-10-3)38(37)43-29-12-9-2/h14-27,36-40H,8-13,28-31H2,1-7H3/t36-,37-,38+,39-,40+/m1/s1. The second kappa shape index (κ2) is 19.4. The van der Waals surface area contributed by atoms with E-state index in [1.165, 1.54) is 15.9 Å². The summed E-state index contributed by atoms with van der Waals surface area (Å²) in [5.74, 6) is 0. The van der Waals surface area contributed by atoms with Gasteiger partial charge >= 0.3 is 0 Å². The lowest BCUT2D eigenvalue weighted by molar-refractivity contribution is -0.244. The Balaban J connectivity index is 1.77. The van der Waals surface area contributed by atoms with E-state index >= 15 is 0 Å². The lowest BCUT2D eigenvalue weighted by atomic mass is 9.99. The molecular formula is C41H60O5SSi. The first kappa shape index (κ1) is 38.8. The number of rotatable bonds is 19. The number of hydrogen-bond acceptors (Lipinski definition) is 6. The van der Waals surface area contributed by atoms with Gasteiger partial charge in [-0.25, -0.2) is 0 Å². The zero-order valence-electron chi connectivity index (χ0n) is 30.5. The molecule has 1 aliphatic rings. The number of benzene rings is 3. The molecule has 0 aliphatic carbocycles. The molecule has 4 rings (SSSR count). The van der Waals surface area contributed by atoms with E-state index in [1.807, 2.05) is 0 Å². The van der Waals surface area contributed by atoms with Gasteiger partial charge in [0.2, 0.25) is 0 Å². The third-order valence-corrected chi connectivity index (χ3v) is 15.3. The fraction of sp³-hybridized carbons (Fsp3) is 0.561. The van der Waals surface area contributed by atoms with Crippen LogP contribution in [0.5, 0.6) is 0 Å². The molecule has 3 aromatic carbocycles. The molecule has 0 amide bonds. The average Bonchev–Trinajstić information content (AvgIpc) is 3.08. The van der Waals surface area contributed by atoms with Crippen LogP contribution in [0.1, 0.15) is 85.6 Å². The Morgan fingerprint density at radius 2 is 1.12 bits per heavy atom. The van der Waals surface area contributed by atoms with E-state index in [4.69, 9.17) is 23.4 Å². The van der Waals surface area contributed by atoms with E-state index in [1.54, 1.807) is 11.8 Å². The minimum absolute atomic E-state index is 0.151. The van der Waals surface area contributed by atoms with Gasteiger partial charge in [0.15, 0.2) is 0 Å². The maximum Gasteiger partial charge on any atom is 0.261 e. The smallest absolute Gasteiger partial charge is 0.261 e. The van der Waals surface area contributed by atoms with E-state index in [0.717, 1.165) is 43.4 Å². The molecule has 3 aromatic rings. The number of unbranched alkanes of at least 4 members (excludes halogenated alkanes) is 3. The second-order valence-corrected chi connectivity index (χ2v) is 19.5. The predicted molar refractivity (Wildman–Crippen MR) is 203 cm³/mol. The molecule has 0 radical (unpaired) electrons. The van der Waals surface area contributed by atoms with Crippen molar-refractivity contribution >= 4 is 30.5 Å². The van der Waals surface area contributed by atoms with Gasteiger partial charge in [-0.2, -0.15) is 0 Å². The minimum Gasteiger partial charge on any atom is -0.405 e. The van der Waals surface area contributed by atoms with Crippen molar-refractivity contribution in [3.05, 3.63) is 90.5 Å². The van der Waals surface area contributed by atoms with Crippen LogP contribution in [-0.2, 0) is 23.4 Å². The van der Waals surface area contributed by atoms with Gasteiger partial charge in [-0.1, -0.05) is 151 Å². The highest BCUT2D eigenvalue weighted by Gasteiger charge is 2.53. The van der Waals surface area contributed by atoms with Gasteiger partial charge in [0.25, 0.3) is 8.32 Å². The molecule has 1 heterocycles. The summed E-state index contributed by atoms with van der Waals surface area (Å²) in [7, 11) is -2.81. The van der Waals surface area contributed by atoms with Crippen molar-refractivity contribution in [2.24, 2.45) is 0 Å². The Morgan fingerprint density at radius 1 is 0.646 bits per heavy atom. The highest BCUT2D eigenvalue weighted by Crippen LogP contribution is 2.40. The minimum atomic E-state index is -2.81. The molecule has 0 unspecified atom stereocenters. The van der Waals surface area contributed by atoms with Crippen LogP contribution in [0.3, 0.4) is 0 Å². The van der Waals surface area contributed by atoms with Gasteiger partial charge in [-0.3, -0.25) is 0 Å². The van der Waals surface area contributed by atoms with Crippen molar-refractivity contribution in [2.75, 3.05) is 26.4 Å². The van der Waals surface area contributed by atoms with Crippen molar-refractivity contribution in [1.82, 2.24) is 0 Å². The van der Waals surface area contributed by atoms with Gasteiger partial charge in [0, 0.05) is 24.7 Å². The van der Waals surface area contributed by atoms with Crippen LogP contribution in [0.4, 0.5) is 0 Å². The molecule has 0 aromatic heterocycles. The third kappa shape index (κ3) is 10.1. The Morgan fingerprint density at radius 3 is 1.60 bits per heavy atom. The fourth-order valence-corrected chi connectivity index (χ4v) is 12.2. The summed E-state index contributed by atoms with van der Waals surface area (Å²) in [6, 6.07) is 30.3. The van der Waals surface area contributed by atoms with Crippen molar-refractivity contribution < 1.29 is 23.4 Å². The Hall–Kier alpha value is -1.97. The Labute approximate surface area is 296 Å². The molecule has 1 aliphatic heterocycles. The third-order valence-electron chi connectivity index (χ3n) is 9.17. The number of thioether (sulfide) groups is 1. The molecule has 5 nitrogen and oxygen atoms in total. The van der Waals surface area contributed by atoms with Crippen LogP contribution in [-0.4, -0.2) is 64.6 Å². The average molecular weight is 693 g/mol. The maximum atomic E-state index is 7.49. The zero-order valence-corrected chi connectivity index (χ0v) is 32.3. The molecule has 0 spiro atoms. The number of aryl methyl sites for hydroxylation is 1. The largest absolute Gasteiger partial charge is 0.405 e. The van der Waals surface area contributed by atoms with Crippen LogP contribution < -0.4 is 10.4 Å². The van der Waals surface area contributed by atoms with E-state index in [0.29, 0.717) is 26.4 Å². The van der Waals surface area contributed by atoms with Crippen LogP contribution in [0.2, 0.25) is 5.04 Å². The Kier molecular flexibility index (Phi) is 15.7. The highest BCUT2D eigenvalue weighted by atomic mass is 32.2. The summed E-state index contributed by atoms with van der Waals surface area (Å²) in [6.45, 7) is 18.0. The van der Waals surface area contributed by atoms with Crippen LogP contribution in [0, 0.1) is 6.92 Å². The van der Waals surface area contributed by atoms with Gasteiger partial charge in [-0.05, 0) is 53.7 Å². The first-order chi connectivity index (χ1) is 23.2. The van der Waals surface area contributed by atoms with Crippen molar-refractivity contribution in [2.45, 2.75) is 127 Å². The zero-order chi connectivity index (χ0) is 34.4. The molecule has 0 bridgehead atoms. The monoisotopic (exact) mass is 692 g/mol. The summed E-state index contributed by atoms with van der Waals surface area (Å²) >= 11 is 1.72. The van der Waals surface area contributed by atoms with Gasteiger partial charge in [0.1, 0.15) is 29.9 Å². The number of hydrogen-bond donors (Lipinski definition) is 0. The second-order valence-electron chi connectivity index (χ2n) is 14.0. The highest BCUT2D eigenvalue weighted by molar-refractivity contribution is 7.99. The van der Waals surface area contributed by atoms with Gasteiger partial charge < -0.3 is 23.4 Å².